The summed E-state index contributed by atoms with van der Waals surface area (Å²) in [6, 6.07) is 13.9. The van der Waals surface area contributed by atoms with Crippen LogP contribution in [0.1, 0.15) is 33.6 Å². The van der Waals surface area contributed by atoms with Crippen molar-refractivity contribution in [2.75, 3.05) is 13.1 Å². The van der Waals surface area contributed by atoms with Crippen LogP contribution in [0.15, 0.2) is 48.5 Å². The van der Waals surface area contributed by atoms with Crippen LogP contribution in [0.25, 0.3) is 0 Å². The van der Waals surface area contributed by atoms with Gasteiger partial charge >= 0.3 is 0 Å². The molecule has 0 saturated carbocycles. The molecule has 0 atom stereocenters. The number of phenols is 1. The lowest BCUT2D eigenvalue weighted by Gasteiger charge is -2.32. The summed E-state index contributed by atoms with van der Waals surface area (Å²) in [5.74, 6) is -0.0634. The number of nitrogens with one attached hydrogen (secondary N) is 1. The summed E-state index contributed by atoms with van der Waals surface area (Å²) in [5.41, 5.74) is 1.17. The first-order valence-electron chi connectivity index (χ1n) is 8.18. The first-order valence-corrected chi connectivity index (χ1v) is 9.26. The van der Waals surface area contributed by atoms with E-state index in [1.54, 1.807) is 23.1 Å². The molecule has 3 rings (SSSR count). The van der Waals surface area contributed by atoms with Gasteiger partial charge in [0.25, 0.3) is 11.8 Å². The summed E-state index contributed by atoms with van der Waals surface area (Å²) in [6.07, 6.45) is 1.44. The van der Waals surface area contributed by atoms with Crippen molar-refractivity contribution in [3.63, 3.8) is 0 Å². The molecule has 2 amide bonds. The molecule has 130 valence electrons. The molecule has 2 aromatic carbocycles. The van der Waals surface area contributed by atoms with Crippen LogP contribution in [0, 0.1) is 3.57 Å². The van der Waals surface area contributed by atoms with E-state index in [-0.39, 0.29) is 23.6 Å². The Morgan fingerprint density at radius 1 is 1.08 bits per heavy atom. The van der Waals surface area contributed by atoms with Gasteiger partial charge in [-0.2, -0.15) is 0 Å². The fraction of sp³-hybridized carbons (Fsp3) is 0.263. The van der Waals surface area contributed by atoms with E-state index in [2.05, 4.69) is 27.9 Å². The van der Waals surface area contributed by atoms with Crippen molar-refractivity contribution in [1.29, 1.82) is 0 Å². The van der Waals surface area contributed by atoms with E-state index in [0.717, 1.165) is 16.4 Å². The van der Waals surface area contributed by atoms with Crippen LogP contribution in [0.5, 0.6) is 5.75 Å². The number of hydrogen-bond donors (Lipinski definition) is 2. The van der Waals surface area contributed by atoms with E-state index in [1.807, 2.05) is 24.3 Å². The number of benzene rings is 2. The highest BCUT2D eigenvalue weighted by atomic mass is 127. The fourth-order valence-electron chi connectivity index (χ4n) is 2.96. The third-order valence-corrected chi connectivity index (χ3v) is 5.27. The molecule has 1 saturated heterocycles. The molecular weight excluding hydrogens is 431 g/mol. The molecule has 6 heteroatoms. The van der Waals surface area contributed by atoms with E-state index >= 15 is 0 Å². The molecule has 0 radical (unpaired) electrons. The SMILES string of the molecule is O=C(NC1CCN(C(=O)c2cccc(O)c2)CC1)c1ccccc1I. The van der Waals surface area contributed by atoms with Crippen LogP contribution in [-0.4, -0.2) is 41.0 Å². The van der Waals surface area contributed by atoms with Crippen LogP contribution < -0.4 is 5.32 Å². The summed E-state index contributed by atoms with van der Waals surface area (Å²) in [5, 5.41) is 12.6. The first kappa shape index (κ1) is 17.7. The zero-order valence-electron chi connectivity index (χ0n) is 13.6. The molecule has 2 aromatic rings. The number of piperidine rings is 1. The normalized spacial score (nSPS) is 15.0. The molecule has 5 nitrogen and oxygen atoms in total. The Morgan fingerprint density at radius 3 is 2.48 bits per heavy atom. The maximum atomic E-state index is 12.5. The van der Waals surface area contributed by atoms with Crippen molar-refractivity contribution >= 4 is 34.4 Å². The minimum Gasteiger partial charge on any atom is -0.508 e. The lowest BCUT2D eigenvalue weighted by molar-refractivity contribution is 0.0697. The van der Waals surface area contributed by atoms with Crippen molar-refractivity contribution in [2.24, 2.45) is 0 Å². The van der Waals surface area contributed by atoms with Crippen molar-refractivity contribution < 1.29 is 14.7 Å². The Hall–Kier alpha value is -2.09. The second kappa shape index (κ2) is 7.86. The topological polar surface area (TPSA) is 69.6 Å². The zero-order valence-corrected chi connectivity index (χ0v) is 15.8. The lowest BCUT2D eigenvalue weighted by atomic mass is 10.0. The fourth-order valence-corrected chi connectivity index (χ4v) is 3.59. The third kappa shape index (κ3) is 4.31. The number of carbonyl (C=O) groups excluding carboxylic acids is 2. The molecule has 0 aromatic heterocycles. The van der Waals surface area contributed by atoms with E-state index in [1.165, 1.54) is 6.07 Å². The molecule has 0 unspecified atom stereocenters. The molecular formula is C19H19IN2O3. The second-order valence-electron chi connectivity index (χ2n) is 6.07. The van der Waals surface area contributed by atoms with Crippen LogP contribution >= 0.6 is 22.6 Å². The molecule has 1 heterocycles. The quantitative estimate of drug-likeness (QED) is 0.707. The molecule has 1 aliphatic heterocycles. The largest absolute Gasteiger partial charge is 0.508 e. The van der Waals surface area contributed by atoms with Crippen LogP contribution in [0.4, 0.5) is 0 Å². The van der Waals surface area contributed by atoms with Gasteiger partial charge in [0.05, 0.1) is 5.56 Å². The van der Waals surface area contributed by atoms with Crippen LogP contribution in [0.3, 0.4) is 0 Å². The van der Waals surface area contributed by atoms with Crippen molar-refractivity contribution in [3.8, 4) is 5.75 Å². The first-order chi connectivity index (χ1) is 12.0. The van der Waals surface area contributed by atoms with Crippen molar-refractivity contribution in [3.05, 3.63) is 63.2 Å². The molecule has 0 spiro atoms. The van der Waals surface area contributed by atoms with Gasteiger partial charge in [-0.15, -0.1) is 0 Å². The number of likely N-dealkylation sites (tertiary alicyclic amines) is 1. The minimum absolute atomic E-state index is 0.0664. The average molecular weight is 450 g/mol. The third-order valence-electron chi connectivity index (χ3n) is 4.33. The number of amides is 2. The lowest BCUT2D eigenvalue weighted by Crippen LogP contribution is -2.46. The number of carbonyl (C=O) groups is 2. The highest BCUT2D eigenvalue weighted by Gasteiger charge is 2.25. The molecule has 0 bridgehead atoms. The maximum absolute atomic E-state index is 12.5. The number of nitrogens with zero attached hydrogens (tertiary/aromatic N) is 1. The summed E-state index contributed by atoms with van der Waals surface area (Å²) >= 11 is 2.16. The van der Waals surface area contributed by atoms with Gasteiger partial charge in [0, 0.05) is 28.3 Å². The zero-order chi connectivity index (χ0) is 17.8. The van der Waals surface area contributed by atoms with E-state index in [9.17, 15) is 14.7 Å². The smallest absolute Gasteiger partial charge is 0.253 e. The number of aromatic hydroxyl groups is 1. The number of rotatable bonds is 3. The predicted molar refractivity (Wildman–Crippen MR) is 104 cm³/mol. The molecule has 1 aliphatic rings. The number of halogens is 1. The van der Waals surface area contributed by atoms with Crippen LogP contribution in [0.2, 0.25) is 0 Å². The van der Waals surface area contributed by atoms with Gasteiger partial charge in [0.1, 0.15) is 5.75 Å². The molecule has 2 N–H and O–H groups in total. The molecule has 0 aliphatic carbocycles. The Labute approximate surface area is 160 Å². The van der Waals surface area contributed by atoms with Gasteiger partial charge in [-0.25, -0.2) is 0 Å². The number of hydrogen-bond acceptors (Lipinski definition) is 3. The Bertz CT molecular complexity index is 786. The maximum Gasteiger partial charge on any atom is 0.253 e. The van der Waals surface area contributed by atoms with Gasteiger partial charge in [-0.1, -0.05) is 18.2 Å². The Balaban J connectivity index is 1.56. The van der Waals surface area contributed by atoms with Gasteiger partial charge in [-0.05, 0) is 65.8 Å². The predicted octanol–water partition coefficient (Wildman–Crippen LogP) is 3.03. The second-order valence-corrected chi connectivity index (χ2v) is 7.23. The summed E-state index contributed by atoms with van der Waals surface area (Å²) < 4.78 is 0.925. The Morgan fingerprint density at radius 2 is 1.80 bits per heavy atom. The van der Waals surface area contributed by atoms with Crippen LogP contribution in [-0.2, 0) is 0 Å². The molecule has 25 heavy (non-hydrogen) atoms. The monoisotopic (exact) mass is 450 g/mol. The summed E-state index contributed by atoms with van der Waals surface area (Å²) in [6.45, 7) is 1.18. The van der Waals surface area contributed by atoms with Gasteiger partial charge in [0.15, 0.2) is 0 Å². The van der Waals surface area contributed by atoms with E-state index in [0.29, 0.717) is 24.2 Å². The van der Waals surface area contributed by atoms with Gasteiger partial charge in [0.2, 0.25) is 0 Å². The van der Waals surface area contributed by atoms with Crippen molar-refractivity contribution in [2.45, 2.75) is 18.9 Å². The van der Waals surface area contributed by atoms with Gasteiger partial charge < -0.3 is 15.3 Å². The van der Waals surface area contributed by atoms with E-state index in [4.69, 9.17) is 0 Å². The van der Waals surface area contributed by atoms with Gasteiger partial charge in [-0.3, -0.25) is 9.59 Å². The highest BCUT2D eigenvalue weighted by Crippen LogP contribution is 2.18. The standard InChI is InChI=1S/C19H19IN2O3/c20-17-7-2-1-6-16(17)18(24)21-14-8-10-22(11-9-14)19(25)13-4-3-5-15(23)12-13/h1-7,12,14,23H,8-11H2,(H,21,24). The minimum atomic E-state index is -0.0849. The Kier molecular flexibility index (Phi) is 5.57. The number of phenolic OH excluding ortho intramolecular Hbond substituents is 1. The average Bonchev–Trinajstić information content (AvgIpc) is 2.62. The van der Waals surface area contributed by atoms with Crippen molar-refractivity contribution in [1.82, 2.24) is 10.2 Å². The summed E-state index contributed by atoms with van der Waals surface area (Å²) in [4.78, 5) is 26.6. The highest BCUT2D eigenvalue weighted by molar-refractivity contribution is 14.1. The molecule has 1 fully saturated rings. The van der Waals surface area contributed by atoms with E-state index < -0.39 is 0 Å². The summed E-state index contributed by atoms with van der Waals surface area (Å²) in [7, 11) is 0.